The number of pyridine rings is 1. The van der Waals surface area contributed by atoms with Crippen LogP contribution < -0.4 is 15.6 Å². The molecule has 0 fully saturated rings. The number of anilines is 1. The summed E-state index contributed by atoms with van der Waals surface area (Å²) in [6.07, 6.45) is 0. The van der Waals surface area contributed by atoms with Crippen LogP contribution in [0.2, 0.25) is 0 Å². The number of carbonyl (C=O) groups excluding carboxylic acids is 1. The molecule has 6 nitrogen and oxygen atoms in total. The number of alkyl halides is 2. The van der Waals surface area contributed by atoms with Crippen molar-refractivity contribution in [2.24, 2.45) is 0 Å². The lowest BCUT2D eigenvalue weighted by Crippen LogP contribution is -2.17. The molecule has 0 aliphatic rings. The van der Waals surface area contributed by atoms with Crippen molar-refractivity contribution in [3.63, 3.8) is 0 Å². The maximum absolute atomic E-state index is 12.4. The number of aromatic nitrogens is 2. The number of benzene rings is 1. The van der Waals surface area contributed by atoms with Crippen molar-refractivity contribution < 1.29 is 18.3 Å². The van der Waals surface area contributed by atoms with Crippen LogP contribution in [0.25, 0.3) is 11.3 Å². The highest BCUT2D eigenvalue weighted by atomic mass is 32.1. The van der Waals surface area contributed by atoms with Gasteiger partial charge in [0.25, 0.3) is 5.91 Å². The molecule has 0 unspecified atom stereocenters. The van der Waals surface area contributed by atoms with E-state index in [1.807, 2.05) is 6.92 Å². The smallest absolute Gasteiger partial charge is 0.387 e. The minimum Gasteiger partial charge on any atom is -0.435 e. The molecule has 0 radical (unpaired) electrons. The normalized spacial score (nSPS) is 10.9. The quantitative estimate of drug-likeness (QED) is 0.689. The number of nitrogens with one attached hydrogen (secondary N) is 2. The standard InChI is InChI=1S/C18H15F2N3O3S/c1-9-13(7-8-14(24)21-9)16(25)23-18-22-15(10(2)27-18)11-3-5-12(6-4-11)26-17(19)20/h3-8,17H,1-2H3,(H,21,24)(H,22,23,25). The summed E-state index contributed by atoms with van der Waals surface area (Å²) < 4.78 is 28.8. The number of nitrogens with zero attached hydrogens (tertiary/aromatic N) is 1. The van der Waals surface area contributed by atoms with Gasteiger partial charge in [0, 0.05) is 22.2 Å². The van der Waals surface area contributed by atoms with Crippen LogP contribution in [0.5, 0.6) is 5.75 Å². The molecule has 2 N–H and O–H groups in total. The zero-order valence-corrected chi connectivity index (χ0v) is 15.2. The molecular formula is C18H15F2N3O3S. The summed E-state index contributed by atoms with van der Waals surface area (Å²) in [5.74, 6) is -0.326. The Labute approximate surface area is 156 Å². The van der Waals surface area contributed by atoms with Crippen LogP contribution in [0, 0.1) is 13.8 Å². The number of thiazole rings is 1. The number of aromatic amines is 1. The van der Waals surface area contributed by atoms with Crippen molar-refractivity contribution in [3.8, 4) is 17.0 Å². The van der Waals surface area contributed by atoms with Crippen molar-refractivity contribution in [1.82, 2.24) is 9.97 Å². The summed E-state index contributed by atoms with van der Waals surface area (Å²) >= 11 is 1.29. The number of ether oxygens (including phenoxy) is 1. The number of hydrogen-bond acceptors (Lipinski definition) is 5. The van der Waals surface area contributed by atoms with Gasteiger partial charge in [-0.1, -0.05) is 0 Å². The molecule has 27 heavy (non-hydrogen) atoms. The molecule has 0 atom stereocenters. The minimum atomic E-state index is -2.88. The van der Waals surface area contributed by atoms with Gasteiger partial charge in [-0.25, -0.2) is 4.98 Å². The van der Waals surface area contributed by atoms with Crippen molar-refractivity contribution in [2.75, 3.05) is 5.32 Å². The molecule has 0 aliphatic heterocycles. The number of halogens is 2. The average molecular weight is 391 g/mol. The highest BCUT2D eigenvalue weighted by Crippen LogP contribution is 2.31. The fraction of sp³-hybridized carbons (Fsp3) is 0.167. The fourth-order valence-corrected chi connectivity index (χ4v) is 3.33. The molecule has 1 aromatic carbocycles. The Morgan fingerprint density at radius 3 is 2.52 bits per heavy atom. The molecule has 0 spiro atoms. The Balaban J connectivity index is 1.80. The van der Waals surface area contributed by atoms with Crippen LogP contribution in [0.3, 0.4) is 0 Å². The Morgan fingerprint density at radius 1 is 1.19 bits per heavy atom. The Bertz CT molecular complexity index is 1030. The molecule has 0 saturated carbocycles. The number of amides is 1. The van der Waals surface area contributed by atoms with E-state index >= 15 is 0 Å². The highest BCUT2D eigenvalue weighted by Gasteiger charge is 2.15. The van der Waals surface area contributed by atoms with Crippen LogP contribution in [0.15, 0.2) is 41.2 Å². The second kappa shape index (κ2) is 7.67. The number of rotatable bonds is 5. The van der Waals surface area contributed by atoms with Crippen molar-refractivity contribution in [1.29, 1.82) is 0 Å². The molecular weight excluding hydrogens is 376 g/mol. The van der Waals surface area contributed by atoms with E-state index in [0.29, 0.717) is 27.6 Å². The summed E-state index contributed by atoms with van der Waals surface area (Å²) in [5.41, 5.74) is 1.87. The van der Waals surface area contributed by atoms with Gasteiger partial charge in [0.1, 0.15) is 5.75 Å². The third kappa shape index (κ3) is 4.37. The lowest BCUT2D eigenvalue weighted by Gasteiger charge is -2.05. The SMILES string of the molecule is Cc1[nH]c(=O)ccc1C(=O)Nc1nc(-c2ccc(OC(F)F)cc2)c(C)s1. The molecule has 3 rings (SSSR count). The molecule has 3 aromatic rings. The molecule has 9 heteroatoms. The average Bonchev–Trinajstić information content (AvgIpc) is 2.95. The number of hydrogen-bond donors (Lipinski definition) is 2. The Kier molecular flexibility index (Phi) is 5.31. The molecule has 0 aliphatic carbocycles. The second-order valence-corrected chi connectivity index (χ2v) is 6.85. The van der Waals surface area contributed by atoms with Gasteiger partial charge in [0.15, 0.2) is 5.13 Å². The van der Waals surface area contributed by atoms with E-state index in [-0.39, 0.29) is 17.2 Å². The van der Waals surface area contributed by atoms with Gasteiger partial charge in [0.05, 0.1) is 11.3 Å². The first-order valence-electron chi connectivity index (χ1n) is 7.87. The van der Waals surface area contributed by atoms with Crippen molar-refractivity contribution in [3.05, 3.63) is 62.9 Å². The number of H-pyrrole nitrogens is 1. The van der Waals surface area contributed by atoms with Gasteiger partial charge >= 0.3 is 6.61 Å². The van der Waals surface area contributed by atoms with E-state index in [0.717, 1.165) is 4.88 Å². The first-order chi connectivity index (χ1) is 12.8. The van der Waals surface area contributed by atoms with Gasteiger partial charge in [-0.05, 0) is 44.2 Å². The zero-order valence-electron chi connectivity index (χ0n) is 14.4. The highest BCUT2D eigenvalue weighted by molar-refractivity contribution is 7.16. The van der Waals surface area contributed by atoms with Crippen LogP contribution in [-0.4, -0.2) is 22.5 Å². The first kappa shape index (κ1) is 18.7. The fourth-order valence-electron chi connectivity index (χ4n) is 2.50. The van der Waals surface area contributed by atoms with E-state index in [1.165, 1.54) is 35.6 Å². The Morgan fingerprint density at radius 2 is 1.89 bits per heavy atom. The van der Waals surface area contributed by atoms with E-state index in [4.69, 9.17) is 0 Å². The minimum absolute atomic E-state index is 0.0590. The molecule has 2 aromatic heterocycles. The molecule has 2 heterocycles. The van der Waals surface area contributed by atoms with E-state index in [9.17, 15) is 18.4 Å². The summed E-state index contributed by atoms with van der Waals surface area (Å²) in [6.45, 7) is 0.602. The van der Waals surface area contributed by atoms with Crippen LogP contribution in [0.1, 0.15) is 20.9 Å². The van der Waals surface area contributed by atoms with Gasteiger partial charge < -0.3 is 9.72 Å². The predicted molar refractivity (Wildman–Crippen MR) is 98.7 cm³/mol. The summed E-state index contributed by atoms with van der Waals surface area (Å²) in [5, 5.41) is 3.10. The maximum atomic E-state index is 12.4. The topological polar surface area (TPSA) is 84.1 Å². The lowest BCUT2D eigenvalue weighted by atomic mass is 10.1. The zero-order chi connectivity index (χ0) is 19.6. The summed E-state index contributed by atoms with van der Waals surface area (Å²) in [7, 11) is 0. The monoisotopic (exact) mass is 391 g/mol. The van der Waals surface area contributed by atoms with E-state index in [1.54, 1.807) is 19.1 Å². The van der Waals surface area contributed by atoms with Crippen LogP contribution in [-0.2, 0) is 0 Å². The molecule has 140 valence electrons. The van der Waals surface area contributed by atoms with Crippen molar-refractivity contribution >= 4 is 22.4 Å². The number of carbonyl (C=O) groups is 1. The third-order valence-corrected chi connectivity index (χ3v) is 4.62. The summed E-state index contributed by atoms with van der Waals surface area (Å²) in [6, 6.07) is 8.84. The molecule has 1 amide bonds. The molecule has 0 bridgehead atoms. The van der Waals surface area contributed by atoms with Crippen LogP contribution >= 0.6 is 11.3 Å². The lowest BCUT2D eigenvalue weighted by molar-refractivity contribution is -0.0498. The maximum Gasteiger partial charge on any atom is 0.387 e. The number of aryl methyl sites for hydroxylation is 2. The Hall–Kier alpha value is -3.07. The van der Waals surface area contributed by atoms with Gasteiger partial charge in [0.2, 0.25) is 5.56 Å². The van der Waals surface area contributed by atoms with Gasteiger partial charge in [-0.2, -0.15) is 8.78 Å². The van der Waals surface area contributed by atoms with Crippen molar-refractivity contribution in [2.45, 2.75) is 20.5 Å². The van der Waals surface area contributed by atoms with E-state index in [2.05, 4.69) is 20.0 Å². The van der Waals surface area contributed by atoms with Gasteiger partial charge in [-0.3, -0.25) is 14.9 Å². The predicted octanol–water partition coefficient (Wildman–Crippen LogP) is 3.97. The second-order valence-electron chi connectivity index (χ2n) is 5.64. The summed E-state index contributed by atoms with van der Waals surface area (Å²) in [4.78, 5) is 31.5. The third-order valence-electron chi connectivity index (χ3n) is 3.73. The first-order valence-corrected chi connectivity index (χ1v) is 8.69. The van der Waals surface area contributed by atoms with Gasteiger partial charge in [-0.15, -0.1) is 11.3 Å². The van der Waals surface area contributed by atoms with Crippen LogP contribution in [0.4, 0.5) is 13.9 Å². The molecule has 0 saturated heterocycles. The van der Waals surface area contributed by atoms with E-state index < -0.39 is 6.61 Å². The largest absolute Gasteiger partial charge is 0.435 e.